The van der Waals surface area contributed by atoms with Crippen LogP contribution in [0.25, 0.3) is 10.2 Å². The first-order valence-corrected chi connectivity index (χ1v) is 9.40. The highest BCUT2D eigenvalue weighted by molar-refractivity contribution is 7.92. The maximum Gasteiger partial charge on any atom is 0.264 e. The number of hydrogen-bond acceptors (Lipinski definition) is 6. The molecule has 0 spiro atoms. The zero-order chi connectivity index (χ0) is 16.0. The Bertz CT molecular complexity index is 984. The normalized spacial score (nSPS) is 15.0. The van der Waals surface area contributed by atoms with Gasteiger partial charge in [-0.15, -0.1) is 11.3 Å². The topological polar surface area (TPSA) is 66.4 Å². The van der Waals surface area contributed by atoms with Gasteiger partial charge in [-0.3, -0.25) is 9.29 Å². The number of fused-ring (bicyclic) bond motifs is 2. The highest BCUT2D eigenvalue weighted by Crippen LogP contribution is 2.35. The SMILES string of the molecule is CN1CCN(S(=O)(=O)c2ccc3ncsc3c2)c2cnccc21. The van der Waals surface area contributed by atoms with Gasteiger partial charge in [-0.1, -0.05) is 0 Å². The molecule has 1 aromatic carbocycles. The summed E-state index contributed by atoms with van der Waals surface area (Å²) in [4.78, 5) is 10.6. The Hall–Kier alpha value is -2.19. The number of pyridine rings is 1. The van der Waals surface area contributed by atoms with E-state index in [0.29, 0.717) is 18.8 Å². The molecule has 118 valence electrons. The third-order valence-corrected chi connectivity index (χ3v) is 6.59. The van der Waals surface area contributed by atoms with Crippen molar-refractivity contribution < 1.29 is 8.42 Å². The van der Waals surface area contributed by atoms with Crippen molar-refractivity contribution >= 4 is 43.0 Å². The number of benzene rings is 1. The molecule has 0 fully saturated rings. The number of likely N-dealkylation sites (N-methyl/N-ethyl adjacent to an activating group) is 1. The number of aromatic nitrogens is 2. The van der Waals surface area contributed by atoms with Crippen molar-refractivity contribution in [2.75, 3.05) is 29.3 Å². The predicted octanol–water partition coefficient (Wildman–Crippen LogP) is 2.34. The molecule has 2 aromatic heterocycles. The Morgan fingerprint density at radius 1 is 1.17 bits per heavy atom. The van der Waals surface area contributed by atoms with Gasteiger partial charge in [0.2, 0.25) is 0 Å². The highest BCUT2D eigenvalue weighted by atomic mass is 32.2. The fourth-order valence-electron chi connectivity index (χ4n) is 2.75. The zero-order valence-corrected chi connectivity index (χ0v) is 14.0. The summed E-state index contributed by atoms with van der Waals surface area (Å²) in [6, 6.07) is 6.89. The quantitative estimate of drug-likeness (QED) is 0.712. The van der Waals surface area contributed by atoms with Gasteiger partial charge in [0, 0.05) is 19.8 Å². The number of thiazole rings is 1. The maximum atomic E-state index is 13.1. The molecule has 3 aromatic rings. The van der Waals surface area contributed by atoms with Crippen LogP contribution in [0.15, 0.2) is 47.1 Å². The lowest BCUT2D eigenvalue weighted by Gasteiger charge is -2.35. The minimum absolute atomic E-state index is 0.286. The van der Waals surface area contributed by atoms with Gasteiger partial charge < -0.3 is 4.90 Å². The second-order valence-corrected chi connectivity index (χ2v) is 8.09. The highest BCUT2D eigenvalue weighted by Gasteiger charge is 2.31. The van der Waals surface area contributed by atoms with Crippen LogP contribution in [-0.2, 0) is 10.0 Å². The molecule has 6 nitrogen and oxygen atoms in total. The van der Waals surface area contributed by atoms with Crippen molar-refractivity contribution in [2.45, 2.75) is 4.90 Å². The molecule has 0 saturated heterocycles. The van der Waals surface area contributed by atoms with E-state index >= 15 is 0 Å². The van der Waals surface area contributed by atoms with Crippen LogP contribution in [0, 0.1) is 0 Å². The van der Waals surface area contributed by atoms with Gasteiger partial charge in [0.05, 0.1) is 44.7 Å². The van der Waals surface area contributed by atoms with Crippen molar-refractivity contribution in [3.8, 4) is 0 Å². The third-order valence-electron chi connectivity index (χ3n) is 3.99. The summed E-state index contributed by atoms with van der Waals surface area (Å²) in [7, 11) is -1.67. The molecule has 23 heavy (non-hydrogen) atoms. The largest absolute Gasteiger partial charge is 0.371 e. The van der Waals surface area contributed by atoms with Crippen molar-refractivity contribution in [2.24, 2.45) is 0 Å². The van der Waals surface area contributed by atoms with Gasteiger partial charge in [-0.05, 0) is 24.3 Å². The Balaban J connectivity index is 1.84. The Kier molecular flexibility index (Phi) is 3.24. The van der Waals surface area contributed by atoms with Gasteiger partial charge in [0.25, 0.3) is 10.0 Å². The molecular weight excluding hydrogens is 332 g/mol. The van der Waals surface area contributed by atoms with Crippen molar-refractivity contribution in [1.82, 2.24) is 9.97 Å². The van der Waals surface area contributed by atoms with Crippen molar-refractivity contribution in [1.29, 1.82) is 0 Å². The molecule has 0 aliphatic carbocycles. The van der Waals surface area contributed by atoms with Gasteiger partial charge >= 0.3 is 0 Å². The summed E-state index contributed by atoms with van der Waals surface area (Å²) in [5.74, 6) is 0. The van der Waals surface area contributed by atoms with Crippen molar-refractivity contribution in [3.63, 3.8) is 0 Å². The molecule has 0 atom stereocenters. The molecule has 8 heteroatoms. The first-order chi connectivity index (χ1) is 11.1. The van der Waals surface area contributed by atoms with E-state index in [1.165, 1.54) is 15.6 Å². The second-order valence-electron chi connectivity index (χ2n) is 5.35. The molecular formula is C15H14N4O2S2. The molecule has 3 heterocycles. The van der Waals surface area contributed by atoms with Crippen LogP contribution in [-0.4, -0.2) is 38.5 Å². The number of anilines is 2. The van der Waals surface area contributed by atoms with Crippen LogP contribution in [0.5, 0.6) is 0 Å². The van der Waals surface area contributed by atoms with Crippen LogP contribution < -0.4 is 9.21 Å². The smallest absolute Gasteiger partial charge is 0.264 e. The van der Waals surface area contributed by atoms with Gasteiger partial charge in [0.1, 0.15) is 0 Å². The van der Waals surface area contributed by atoms with E-state index < -0.39 is 10.0 Å². The molecule has 0 unspecified atom stereocenters. The number of hydrogen-bond donors (Lipinski definition) is 0. The zero-order valence-electron chi connectivity index (χ0n) is 12.4. The van der Waals surface area contributed by atoms with E-state index in [2.05, 4.69) is 9.97 Å². The lowest BCUT2D eigenvalue weighted by atomic mass is 10.2. The summed E-state index contributed by atoms with van der Waals surface area (Å²) < 4.78 is 28.5. The van der Waals surface area contributed by atoms with Crippen LogP contribution in [0.4, 0.5) is 11.4 Å². The van der Waals surface area contributed by atoms with Crippen LogP contribution in [0.1, 0.15) is 0 Å². The summed E-state index contributed by atoms with van der Waals surface area (Å²) >= 11 is 1.44. The van der Waals surface area contributed by atoms with Crippen LogP contribution in [0.2, 0.25) is 0 Å². The van der Waals surface area contributed by atoms with Crippen molar-refractivity contribution in [3.05, 3.63) is 42.2 Å². The van der Waals surface area contributed by atoms with Crippen LogP contribution >= 0.6 is 11.3 Å². The molecule has 0 bridgehead atoms. The molecule has 0 amide bonds. The van der Waals surface area contributed by atoms with E-state index in [1.54, 1.807) is 36.1 Å². The third kappa shape index (κ3) is 2.25. The maximum absolute atomic E-state index is 13.1. The summed E-state index contributed by atoms with van der Waals surface area (Å²) in [5, 5.41) is 0. The second kappa shape index (κ2) is 5.17. The Labute approximate surface area is 138 Å². The minimum atomic E-state index is -3.62. The average molecular weight is 346 g/mol. The average Bonchev–Trinajstić information content (AvgIpc) is 3.03. The minimum Gasteiger partial charge on any atom is -0.371 e. The molecule has 0 radical (unpaired) electrons. The van der Waals surface area contributed by atoms with E-state index in [9.17, 15) is 8.42 Å². The fraction of sp³-hybridized carbons (Fsp3) is 0.200. The molecule has 1 aliphatic heterocycles. The summed E-state index contributed by atoms with van der Waals surface area (Å²) in [6.07, 6.45) is 3.28. The van der Waals surface area contributed by atoms with E-state index in [1.807, 2.05) is 18.0 Å². The van der Waals surface area contributed by atoms with E-state index in [4.69, 9.17) is 0 Å². The Morgan fingerprint density at radius 2 is 2.04 bits per heavy atom. The lowest BCUT2D eigenvalue weighted by Crippen LogP contribution is -2.42. The standard InChI is InChI=1S/C15H14N4O2S2/c1-18-6-7-19(14-9-16-5-4-13(14)18)23(20,21)11-2-3-12-15(8-11)22-10-17-12/h2-5,8-10H,6-7H2,1H3. The molecule has 1 aliphatic rings. The Morgan fingerprint density at radius 3 is 2.91 bits per heavy atom. The predicted molar refractivity (Wildman–Crippen MR) is 91.7 cm³/mol. The summed E-state index contributed by atoms with van der Waals surface area (Å²) in [6.45, 7) is 1.04. The van der Waals surface area contributed by atoms with Crippen LogP contribution in [0.3, 0.4) is 0 Å². The van der Waals surface area contributed by atoms with Gasteiger partial charge in [-0.25, -0.2) is 13.4 Å². The van der Waals surface area contributed by atoms with Gasteiger partial charge in [-0.2, -0.15) is 0 Å². The molecule has 4 rings (SSSR count). The first kappa shape index (κ1) is 14.4. The van der Waals surface area contributed by atoms with Gasteiger partial charge in [0.15, 0.2) is 0 Å². The summed E-state index contributed by atoms with van der Waals surface area (Å²) in [5.41, 5.74) is 4.02. The lowest BCUT2D eigenvalue weighted by molar-refractivity contribution is 0.589. The number of sulfonamides is 1. The fourth-order valence-corrected chi connectivity index (χ4v) is 5.02. The number of nitrogens with zero attached hydrogens (tertiary/aromatic N) is 4. The number of rotatable bonds is 2. The van der Waals surface area contributed by atoms with E-state index in [-0.39, 0.29) is 4.90 Å². The molecule has 0 saturated carbocycles. The van der Waals surface area contributed by atoms with E-state index in [0.717, 1.165) is 15.9 Å². The first-order valence-electron chi connectivity index (χ1n) is 7.08. The monoisotopic (exact) mass is 346 g/mol. The molecule has 0 N–H and O–H groups in total.